The number of nitro groups is 1. The average Bonchev–Trinajstić information content (AvgIpc) is 2.73. The number of nitrogens with zero attached hydrogens (tertiary/aromatic N) is 4. The van der Waals surface area contributed by atoms with Crippen LogP contribution < -0.4 is 9.64 Å². The van der Waals surface area contributed by atoms with Crippen molar-refractivity contribution in [1.82, 2.24) is 9.80 Å². The quantitative estimate of drug-likeness (QED) is 0.432. The van der Waals surface area contributed by atoms with Gasteiger partial charge in [-0.3, -0.25) is 15.0 Å². The van der Waals surface area contributed by atoms with E-state index in [1.54, 1.807) is 11.0 Å². The summed E-state index contributed by atoms with van der Waals surface area (Å²) in [6.07, 6.45) is 1.88. The van der Waals surface area contributed by atoms with E-state index in [0.29, 0.717) is 23.5 Å². The maximum atomic E-state index is 12.2. The van der Waals surface area contributed by atoms with Gasteiger partial charge in [0.25, 0.3) is 0 Å². The van der Waals surface area contributed by atoms with Gasteiger partial charge in [0.15, 0.2) is 5.75 Å². The number of benzene rings is 1. The van der Waals surface area contributed by atoms with Gasteiger partial charge >= 0.3 is 11.8 Å². The first-order valence-electron chi connectivity index (χ1n) is 11.0. The SMILES string of the molecule is COc1cc(N2CCC(CN3CCN(C(=O)OC(C)(C)C)CC3)CC2)c(Br)cc1[N+](=O)[O-]. The van der Waals surface area contributed by atoms with Crippen molar-refractivity contribution in [2.24, 2.45) is 5.92 Å². The molecule has 1 aromatic carbocycles. The van der Waals surface area contributed by atoms with Gasteiger partial charge in [0.1, 0.15) is 5.60 Å². The number of carbonyl (C=O) groups excluding carboxylic acids is 1. The van der Waals surface area contributed by atoms with Crippen LogP contribution in [0.15, 0.2) is 16.6 Å². The minimum atomic E-state index is -0.467. The lowest BCUT2D eigenvalue weighted by Gasteiger charge is -2.39. The fraction of sp³-hybridized carbons (Fsp3) is 0.682. The number of hydrogen-bond acceptors (Lipinski definition) is 7. The first-order chi connectivity index (χ1) is 15.1. The second kappa shape index (κ2) is 10.2. The highest BCUT2D eigenvalue weighted by Gasteiger charge is 2.29. The molecule has 0 aliphatic carbocycles. The molecule has 9 nitrogen and oxygen atoms in total. The van der Waals surface area contributed by atoms with Crippen LogP contribution in [0.1, 0.15) is 33.6 Å². The Kier molecular flexibility index (Phi) is 7.87. The minimum absolute atomic E-state index is 0.0384. The van der Waals surface area contributed by atoms with Gasteiger partial charge in [-0.2, -0.15) is 0 Å². The van der Waals surface area contributed by atoms with Crippen molar-refractivity contribution in [1.29, 1.82) is 0 Å². The molecule has 0 atom stereocenters. The first kappa shape index (κ1) is 24.6. The second-order valence-corrected chi connectivity index (χ2v) is 10.3. The predicted molar refractivity (Wildman–Crippen MR) is 127 cm³/mol. The summed E-state index contributed by atoms with van der Waals surface area (Å²) in [7, 11) is 1.45. The Labute approximate surface area is 197 Å². The van der Waals surface area contributed by atoms with E-state index < -0.39 is 10.5 Å². The number of piperidine rings is 1. The van der Waals surface area contributed by atoms with Crippen molar-refractivity contribution in [3.05, 3.63) is 26.7 Å². The van der Waals surface area contributed by atoms with Crippen LogP contribution >= 0.6 is 15.9 Å². The average molecular weight is 513 g/mol. The summed E-state index contributed by atoms with van der Waals surface area (Å²) in [6, 6.07) is 3.27. The molecule has 0 radical (unpaired) electrons. The Morgan fingerprint density at radius 2 is 1.78 bits per heavy atom. The molecule has 2 saturated heterocycles. The summed E-state index contributed by atoms with van der Waals surface area (Å²) in [6.45, 7) is 11.6. The van der Waals surface area contributed by atoms with Gasteiger partial charge in [-0.25, -0.2) is 4.79 Å². The molecule has 1 amide bonds. The van der Waals surface area contributed by atoms with E-state index in [0.717, 1.165) is 51.3 Å². The van der Waals surface area contributed by atoms with Crippen LogP contribution in [0.3, 0.4) is 0 Å². The van der Waals surface area contributed by atoms with Crippen LogP contribution in [0.25, 0.3) is 0 Å². The van der Waals surface area contributed by atoms with Gasteiger partial charge in [-0.1, -0.05) is 0 Å². The zero-order chi connectivity index (χ0) is 23.5. The number of hydrogen-bond donors (Lipinski definition) is 0. The third kappa shape index (κ3) is 6.25. The number of nitro benzene ring substituents is 1. The zero-order valence-electron chi connectivity index (χ0n) is 19.3. The monoisotopic (exact) mass is 512 g/mol. The number of amides is 1. The second-order valence-electron chi connectivity index (χ2n) is 9.43. The molecule has 2 heterocycles. The van der Waals surface area contributed by atoms with Gasteiger partial charge in [0, 0.05) is 62.4 Å². The minimum Gasteiger partial charge on any atom is -0.490 e. The van der Waals surface area contributed by atoms with Crippen molar-refractivity contribution in [2.45, 2.75) is 39.2 Å². The highest BCUT2D eigenvalue weighted by Crippen LogP contribution is 2.39. The van der Waals surface area contributed by atoms with Crippen molar-refractivity contribution in [3.8, 4) is 5.75 Å². The van der Waals surface area contributed by atoms with Gasteiger partial charge in [-0.15, -0.1) is 0 Å². The molecule has 3 rings (SSSR count). The standard InChI is InChI=1S/C22H33BrN4O5/c1-22(2,3)32-21(28)26-11-9-24(10-12-26)15-16-5-7-25(8-6-16)18-14-20(31-4)19(27(29)30)13-17(18)23/h13-14,16H,5-12,15H2,1-4H3. The van der Waals surface area contributed by atoms with E-state index >= 15 is 0 Å². The largest absolute Gasteiger partial charge is 0.490 e. The lowest BCUT2D eigenvalue weighted by Crippen LogP contribution is -2.51. The van der Waals surface area contributed by atoms with E-state index in [1.807, 2.05) is 20.8 Å². The number of piperazine rings is 1. The van der Waals surface area contributed by atoms with Crippen LogP contribution in [-0.4, -0.2) is 79.3 Å². The molecule has 0 saturated carbocycles. The Bertz CT molecular complexity index is 828. The molecule has 178 valence electrons. The van der Waals surface area contributed by atoms with Gasteiger partial charge < -0.3 is 19.3 Å². The Morgan fingerprint density at radius 3 is 2.31 bits per heavy atom. The smallest absolute Gasteiger partial charge is 0.410 e. The van der Waals surface area contributed by atoms with Crippen molar-refractivity contribution in [2.75, 3.05) is 57.8 Å². The molecule has 0 spiro atoms. The van der Waals surface area contributed by atoms with E-state index in [9.17, 15) is 14.9 Å². The van der Waals surface area contributed by atoms with Gasteiger partial charge in [-0.05, 0) is 55.5 Å². The first-order valence-corrected chi connectivity index (χ1v) is 11.8. The molecule has 2 aliphatic heterocycles. The number of anilines is 1. The maximum absolute atomic E-state index is 12.2. The third-order valence-corrected chi connectivity index (χ3v) is 6.58. The fourth-order valence-corrected chi connectivity index (χ4v) is 4.82. The van der Waals surface area contributed by atoms with Crippen molar-refractivity contribution < 1.29 is 19.2 Å². The molecular weight excluding hydrogens is 480 g/mol. The fourth-order valence-electron chi connectivity index (χ4n) is 4.24. The summed E-state index contributed by atoms with van der Waals surface area (Å²) in [4.78, 5) is 29.5. The molecule has 0 aromatic heterocycles. The Balaban J connectivity index is 1.49. The molecule has 2 aliphatic rings. The normalized spacial score (nSPS) is 18.5. The van der Waals surface area contributed by atoms with Crippen LogP contribution in [0.4, 0.5) is 16.2 Å². The molecule has 0 N–H and O–H groups in total. The van der Waals surface area contributed by atoms with Crippen LogP contribution in [0.2, 0.25) is 0 Å². The molecule has 0 unspecified atom stereocenters. The summed E-state index contributed by atoms with van der Waals surface area (Å²) >= 11 is 3.49. The Hall–Kier alpha value is -2.07. The zero-order valence-corrected chi connectivity index (χ0v) is 20.9. The van der Waals surface area contributed by atoms with Gasteiger partial charge in [0.05, 0.1) is 17.7 Å². The molecule has 10 heteroatoms. The molecule has 2 fully saturated rings. The van der Waals surface area contributed by atoms with Crippen molar-refractivity contribution >= 4 is 33.4 Å². The molecular formula is C22H33BrN4O5. The van der Waals surface area contributed by atoms with E-state index in [1.165, 1.54) is 13.2 Å². The highest BCUT2D eigenvalue weighted by atomic mass is 79.9. The van der Waals surface area contributed by atoms with Gasteiger partial charge in [0.2, 0.25) is 0 Å². The number of halogens is 1. The topological polar surface area (TPSA) is 88.4 Å². The predicted octanol–water partition coefficient (Wildman–Crippen LogP) is 4.14. The number of carbonyl (C=O) groups is 1. The molecule has 1 aromatic rings. The highest BCUT2D eigenvalue weighted by molar-refractivity contribution is 9.10. The summed E-state index contributed by atoms with van der Waals surface area (Å²) in [5.74, 6) is 0.872. The Morgan fingerprint density at radius 1 is 1.16 bits per heavy atom. The summed E-state index contributed by atoms with van der Waals surface area (Å²) in [5.41, 5.74) is 0.422. The number of methoxy groups -OCH3 is 1. The molecule has 32 heavy (non-hydrogen) atoms. The summed E-state index contributed by atoms with van der Waals surface area (Å²) in [5, 5.41) is 11.2. The van der Waals surface area contributed by atoms with Crippen molar-refractivity contribution in [3.63, 3.8) is 0 Å². The lowest BCUT2D eigenvalue weighted by atomic mass is 9.95. The van der Waals surface area contributed by atoms with E-state index in [4.69, 9.17) is 9.47 Å². The van der Waals surface area contributed by atoms with E-state index in [-0.39, 0.29) is 17.5 Å². The third-order valence-electron chi connectivity index (χ3n) is 5.94. The number of ether oxygens (including phenoxy) is 2. The molecule has 0 bridgehead atoms. The maximum Gasteiger partial charge on any atom is 0.410 e. The van der Waals surface area contributed by atoms with Crippen LogP contribution in [0, 0.1) is 16.0 Å². The summed E-state index contributed by atoms with van der Waals surface area (Å²) < 4.78 is 11.4. The number of rotatable bonds is 5. The van der Waals surface area contributed by atoms with Crippen LogP contribution in [-0.2, 0) is 4.74 Å². The van der Waals surface area contributed by atoms with E-state index in [2.05, 4.69) is 25.7 Å². The van der Waals surface area contributed by atoms with Crippen LogP contribution in [0.5, 0.6) is 5.75 Å². The lowest BCUT2D eigenvalue weighted by molar-refractivity contribution is -0.385.